The molecule has 2 aromatic carbocycles. The minimum Gasteiger partial charge on any atom is -0.490 e. The van der Waals surface area contributed by atoms with Gasteiger partial charge in [-0.25, -0.2) is 0 Å². The number of ether oxygens (including phenoxy) is 2. The number of thioether (sulfide) groups is 1. The maximum absolute atomic E-state index is 13.0. The summed E-state index contributed by atoms with van der Waals surface area (Å²) >= 11 is 3.41. The Kier molecular flexibility index (Phi) is 5.86. The van der Waals surface area contributed by atoms with Crippen LogP contribution in [0.1, 0.15) is 28.1 Å². The Balaban J connectivity index is 1.34. The second-order valence-electron chi connectivity index (χ2n) is 7.14. The van der Waals surface area contributed by atoms with E-state index in [1.165, 1.54) is 4.21 Å². The maximum atomic E-state index is 13.0. The number of fused-ring (bicyclic) bond motifs is 2. The van der Waals surface area contributed by atoms with Gasteiger partial charge in [-0.3, -0.25) is 4.79 Å². The zero-order chi connectivity index (χ0) is 21.0. The number of carbonyl (C=O) groups is 1. The van der Waals surface area contributed by atoms with Crippen molar-refractivity contribution in [2.75, 3.05) is 13.2 Å². The van der Waals surface area contributed by atoms with Crippen molar-refractivity contribution in [1.29, 1.82) is 0 Å². The van der Waals surface area contributed by atoms with Crippen molar-refractivity contribution in [1.82, 2.24) is 5.32 Å². The number of nitrogens with one attached hydrogen (secondary N) is 1. The second kappa shape index (κ2) is 9.08. The van der Waals surface area contributed by atoms with Gasteiger partial charge in [0.2, 0.25) is 0 Å². The number of furan rings is 1. The van der Waals surface area contributed by atoms with E-state index in [0.29, 0.717) is 31.3 Å². The van der Waals surface area contributed by atoms with Gasteiger partial charge in [-0.1, -0.05) is 30.3 Å². The Labute approximate surface area is 188 Å². The molecule has 7 heteroatoms. The molecule has 1 aliphatic heterocycles. The summed E-state index contributed by atoms with van der Waals surface area (Å²) in [4.78, 5) is 13.0. The highest BCUT2D eigenvalue weighted by molar-refractivity contribution is 8.00. The highest BCUT2D eigenvalue weighted by Crippen LogP contribution is 2.34. The van der Waals surface area contributed by atoms with E-state index in [1.807, 2.05) is 48.5 Å². The van der Waals surface area contributed by atoms with Crippen molar-refractivity contribution in [3.8, 4) is 11.5 Å². The lowest BCUT2D eigenvalue weighted by Crippen LogP contribution is -2.23. The Morgan fingerprint density at radius 1 is 1.03 bits per heavy atom. The topological polar surface area (TPSA) is 60.7 Å². The average molecular weight is 452 g/mol. The standard InChI is InChI=1S/C24H21NO4S2/c26-24(25-14-16-8-9-20-21(13-16)28-11-4-10-27-20)23-18(15-31-22-7-3-12-30-22)17-5-1-2-6-19(17)29-23/h1-3,5-9,12-13H,4,10-11,14-15H2,(H,25,26). The van der Waals surface area contributed by atoms with E-state index in [4.69, 9.17) is 13.9 Å². The molecule has 4 aromatic rings. The molecule has 31 heavy (non-hydrogen) atoms. The molecule has 158 valence electrons. The van der Waals surface area contributed by atoms with Gasteiger partial charge in [0.25, 0.3) is 5.91 Å². The van der Waals surface area contributed by atoms with E-state index in [-0.39, 0.29) is 5.91 Å². The summed E-state index contributed by atoms with van der Waals surface area (Å²) in [6, 6.07) is 17.7. The van der Waals surface area contributed by atoms with Gasteiger partial charge < -0.3 is 19.2 Å². The first kappa shape index (κ1) is 20.0. The summed E-state index contributed by atoms with van der Waals surface area (Å²) < 4.78 is 18.6. The van der Waals surface area contributed by atoms with Crippen LogP contribution in [-0.4, -0.2) is 19.1 Å². The Bertz CT molecular complexity index is 1200. The van der Waals surface area contributed by atoms with Crippen molar-refractivity contribution in [3.05, 3.63) is 76.9 Å². The predicted molar refractivity (Wildman–Crippen MR) is 123 cm³/mol. The number of hydrogen-bond donors (Lipinski definition) is 1. The molecule has 2 aromatic heterocycles. The maximum Gasteiger partial charge on any atom is 0.287 e. The third-order valence-corrected chi connectivity index (χ3v) is 7.18. The number of benzene rings is 2. The van der Waals surface area contributed by atoms with Crippen LogP contribution >= 0.6 is 23.1 Å². The van der Waals surface area contributed by atoms with Crippen LogP contribution in [0.3, 0.4) is 0 Å². The van der Waals surface area contributed by atoms with Crippen molar-refractivity contribution >= 4 is 40.0 Å². The molecule has 5 nitrogen and oxygen atoms in total. The van der Waals surface area contributed by atoms with Crippen molar-refractivity contribution in [2.45, 2.75) is 22.9 Å². The number of thiophene rings is 1. The summed E-state index contributed by atoms with van der Waals surface area (Å²) in [5.74, 6) is 2.30. The molecule has 3 heterocycles. The lowest BCUT2D eigenvalue weighted by Gasteiger charge is -2.10. The molecule has 0 atom stereocenters. The number of hydrogen-bond acceptors (Lipinski definition) is 6. The third-order valence-electron chi connectivity index (χ3n) is 5.02. The first-order chi connectivity index (χ1) is 15.3. The van der Waals surface area contributed by atoms with E-state index < -0.39 is 0 Å². The third kappa shape index (κ3) is 4.43. The molecule has 0 spiro atoms. The summed E-state index contributed by atoms with van der Waals surface area (Å²) in [5, 5.41) is 6.03. The molecule has 0 bridgehead atoms. The largest absolute Gasteiger partial charge is 0.490 e. The van der Waals surface area contributed by atoms with Gasteiger partial charge in [-0.05, 0) is 35.2 Å². The molecule has 1 aliphatic rings. The van der Waals surface area contributed by atoms with Crippen LogP contribution in [0.4, 0.5) is 0 Å². The van der Waals surface area contributed by atoms with Gasteiger partial charge in [0.1, 0.15) is 5.58 Å². The lowest BCUT2D eigenvalue weighted by molar-refractivity contribution is 0.0924. The van der Waals surface area contributed by atoms with Gasteiger partial charge in [0.05, 0.1) is 17.4 Å². The first-order valence-electron chi connectivity index (χ1n) is 10.1. The summed E-state index contributed by atoms with van der Waals surface area (Å²) in [6.45, 7) is 1.67. The molecule has 0 fully saturated rings. The molecular formula is C24H21NO4S2. The molecule has 0 radical (unpaired) electrons. The Morgan fingerprint density at radius 2 is 1.90 bits per heavy atom. The molecular weight excluding hydrogens is 430 g/mol. The minimum atomic E-state index is -0.218. The highest BCUT2D eigenvalue weighted by Gasteiger charge is 2.21. The van der Waals surface area contributed by atoms with E-state index in [2.05, 4.69) is 16.8 Å². The van der Waals surface area contributed by atoms with Gasteiger partial charge in [0, 0.05) is 29.7 Å². The SMILES string of the molecule is O=C(NCc1ccc2c(c1)OCCCO2)c1oc2ccccc2c1CSc1cccs1. The quantitative estimate of drug-likeness (QED) is 0.371. The Morgan fingerprint density at radius 3 is 2.77 bits per heavy atom. The lowest BCUT2D eigenvalue weighted by atomic mass is 10.1. The zero-order valence-electron chi connectivity index (χ0n) is 16.8. The summed E-state index contributed by atoms with van der Waals surface area (Å²) in [7, 11) is 0. The monoisotopic (exact) mass is 451 g/mol. The van der Waals surface area contributed by atoms with Crippen LogP contribution in [0.15, 0.2) is 68.6 Å². The van der Waals surface area contributed by atoms with Crippen LogP contribution < -0.4 is 14.8 Å². The number of carbonyl (C=O) groups excluding carboxylic acids is 1. The second-order valence-corrected chi connectivity index (χ2v) is 9.36. The normalized spacial score (nSPS) is 13.2. The van der Waals surface area contributed by atoms with E-state index in [0.717, 1.165) is 40.0 Å². The van der Waals surface area contributed by atoms with Gasteiger partial charge >= 0.3 is 0 Å². The molecule has 1 N–H and O–H groups in total. The zero-order valence-corrected chi connectivity index (χ0v) is 18.4. The molecule has 1 amide bonds. The highest BCUT2D eigenvalue weighted by atomic mass is 32.2. The van der Waals surface area contributed by atoms with Crippen molar-refractivity contribution < 1.29 is 18.7 Å². The number of rotatable bonds is 6. The molecule has 0 unspecified atom stereocenters. The van der Waals surface area contributed by atoms with Gasteiger partial charge in [0.15, 0.2) is 17.3 Å². The van der Waals surface area contributed by atoms with E-state index in [9.17, 15) is 4.79 Å². The predicted octanol–water partition coefficient (Wildman–Crippen LogP) is 5.88. The van der Waals surface area contributed by atoms with Crippen molar-refractivity contribution in [3.63, 3.8) is 0 Å². The summed E-state index contributed by atoms with van der Waals surface area (Å²) in [5.41, 5.74) is 2.60. The minimum absolute atomic E-state index is 0.218. The molecule has 0 saturated heterocycles. The fourth-order valence-electron chi connectivity index (χ4n) is 3.49. The number of para-hydroxylation sites is 1. The number of amides is 1. The van der Waals surface area contributed by atoms with Crippen LogP contribution in [0.5, 0.6) is 11.5 Å². The fraction of sp³-hybridized carbons (Fsp3) is 0.208. The fourth-order valence-corrected chi connectivity index (χ4v) is 5.31. The van der Waals surface area contributed by atoms with Crippen LogP contribution in [0.2, 0.25) is 0 Å². The molecule has 0 aliphatic carbocycles. The van der Waals surface area contributed by atoms with Crippen LogP contribution in [-0.2, 0) is 12.3 Å². The van der Waals surface area contributed by atoms with Gasteiger partial charge in [-0.15, -0.1) is 23.1 Å². The van der Waals surface area contributed by atoms with Crippen LogP contribution in [0.25, 0.3) is 11.0 Å². The summed E-state index contributed by atoms with van der Waals surface area (Å²) in [6.07, 6.45) is 0.860. The Hall–Kier alpha value is -2.90. The van der Waals surface area contributed by atoms with Gasteiger partial charge in [-0.2, -0.15) is 0 Å². The smallest absolute Gasteiger partial charge is 0.287 e. The van der Waals surface area contributed by atoms with E-state index >= 15 is 0 Å². The first-order valence-corrected chi connectivity index (χ1v) is 12.0. The molecule has 0 saturated carbocycles. The van der Waals surface area contributed by atoms with Crippen molar-refractivity contribution in [2.24, 2.45) is 0 Å². The van der Waals surface area contributed by atoms with E-state index in [1.54, 1.807) is 23.1 Å². The van der Waals surface area contributed by atoms with Crippen LogP contribution in [0, 0.1) is 0 Å². The molecule has 5 rings (SSSR count). The average Bonchev–Trinajstić information content (AvgIpc) is 3.38.